The van der Waals surface area contributed by atoms with Gasteiger partial charge in [0.25, 0.3) is 0 Å². The Labute approximate surface area is 190 Å². The number of aliphatic imine (C=N–C) groups is 1. The third-order valence-corrected chi connectivity index (χ3v) is 7.77. The maximum Gasteiger partial charge on any atom is 0.346 e. The van der Waals surface area contributed by atoms with Gasteiger partial charge in [-0.1, -0.05) is 53.3 Å². The van der Waals surface area contributed by atoms with Crippen molar-refractivity contribution in [2.24, 2.45) is 15.8 Å². The Balaban J connectivity index is 2.11. The molecule has 0 fully saturated rings. The quantitative estimate of drug-likeness (QED) is 0.487. The van der Waals surface area contributed by atoms with Gasteiger partial charge >= 0.3 is 5.63 Å². The maximum absolute atomic E-state index is 13.0. The van der Waals surface area contributed by atoms with Gasteiger partial charge < -0.3 is 9.32 Å². The maximum atomic E-state index is 13.0. The van der Waals surface area contributed by atoms with Gasteiger partial charge in [0.15, 0.2) is 0 Å². The molecule has 1 unspecified atom stereocenters. The second kappa shape index (κ2) is 8.50. The first-order valence-corrected chi connectivity index (χ1v) is 12.0. The number of anilines is 1. The molecule has 1 aliphatic rings. The molecule has 0 saturated carbocycles. The smallest absolute Gasteiger partial charge is 0.346 e. The van der Waals surface area contributed by atoms with Gasteiger partial charge in [-0.05, 0) is 55.4 Å². The minimum absolute atomic E-state index is 0.0211. The van der Waals surface area contributed by atoms with E-state index in [9.17, 15) is 4.79 Å². The van der Waals surface area contributed by atoms with Crippen LogP contribution in [0.2, 0.25) is 0 Å². The van der Waals surface area contributed by atoms with Crippen LogP contribution in [-0.4, -0.2) is 23.4 Å². The highest BCUT2D eigenvalue weighted by atomic mass is 32.2. The van der Waals surface area contributed by atoms with E-state index in [-0.39, 0.29) is 21.7 Å². The van der Waals surface area contributed by atoms with Crippen LogP contribution in [0, 0.1) is 10.8 Å². The SMILES string of the molecule is CCN(CC)c1ccc2cc(C3=N/C(=C(/C)C(C)(C)C)C(C(C)(C)C)S3)c(=O)oc2c1. The second-order valence-electron chi connectivity index (χ2n) is 10.4. The largest absolute Gasteiger partial charge is 0.422 e. The topological polar surface area (TPSA) is 45.8 Å². The Morgan fingerprint density at radius 2 is 1.74 bits per heavy atom. The number of nitrogens with zero attached hydrogens (tertiary/aromatic N) is 2. The van der Waals surface area contributed by atoms with Crippen molar-refractivity contribution in [2.45, 2.75) is 67.6 Å². The molecule has 1 aliphatic heterocycles. The van der Waals surface area contributed by atoms with Crippen molar-refractivity contribution in [1.82, 2.24) is 0 Å². The van der Waals surface area contributed by atoms with Crippen LogP contribution in [0.15, 0.2) is 49.7 Å². The Morgan fingerprint density at radius 3 is 2.29 bits per heavy atom. The van der Waals surface area contributed by atoms with E-state index in [1.807, 2.05) is 18.2 Å². The van der Waals surface area contributed by atoms with Crippen molar-refractivity contribution in [3.05, 3.63) is 51.5 Å². The minimum Gasteiger partial charge on any atom is -0.422 e. The molecule has 31 heavy (non-hydrogen) atoms. The summed E-state index contributed by atoms with van der Waals surface area (Å²) in [7, 11) is 0. The van der Waals surface area contributed by atoms with Crippen molar-refractivity contribution >= 4 is 33.5 Å². The molecule has 0 aliphatic carbocycles. The van der Waals surface area contributed by atoms with Crippen LogP contribution < -0.4 is 10.5 Å². The summed E-state index contributed by atoms with van der Waals surface area (Å²) in [6.07, 6.45) is 0. The number of hydrogen-bond donors (Lipinski definition) is 0. The summed E-state index contributed by atoms with van der Waals surface area (Å²) in [6.45, 7) is 21.6. The van der Waals surface area contributed by atoms with Gasteiger partial charge in [-0.3, -0.25) is 0 Å². The van der Waals surface area contributed by atoms with Crippen molar-refractivity contribution in [3.63, 3.8) is 0 Å². The Kier molecular flexibility index (Phi) is 6.48. The van der Waals surface area contributed by atoms with Gasteiger partial charge in [0.1, 0.15) is 10.6 Å². The van der Waals surface area contributed by atoms with E-state index in [2.05, 4.69) is 73.3 Å². The van der Waals surface area contributed by atoms with Gasteiger partial charge in [0, 0.05) is 30.2 Å². The standard InChI is InChI=1S/C26H36N2O2S/c1-10-28(11-2)18-13-12-17-14-19(24(29)30-20(17)15-18)23-27-21(16(3)25(4,5)6)22(31-23)26(7,8)9/h12-15,22H,10-11H2,1-9H3/b21-16-. The fourth-order valence-electron chi connectivity index (χ4n) is 3.77. The molecule has 0 amide bonds. The second-order valence-corrected chi connectivity index (χ2v) is 11.5. The summed E-state index contributed by atoms with van der Waals surface area (Å²) in [5, 5.41) is 1.88. The van der Waals surface area contributed by atoms with Gasteiger partial charge in [0.2, 0.25) is 0 Å². The molecular weight excluding hydrogens is 404 g/mol. The fourth-order valence-corrected chi connectivity index (χ4v) is 5.11. The van der Waals surface area contributed by atoms with E-state index in [1.165, 1.54) is 5.57 Å². The van der Waals surface area contributed by atoms with Crippen LogP contribution in [0.5, 0.6) is 0 Å². The van der Waals surface area contributed by atoms with Crippen LogP contribution in [0.25, 0.3) is 11.0 Å². The lowest BCUT2D eigenvalue weighted by Crippen LogP contribution is -2.25. The van der Waals surface area contributed by atoms with E-state index in [0.717, 1.165) is 34.9 Å². The number of rotatable bonds is 4. The lowest BCUT2D eigenvalue weighted by Gasteiger charge is -2.30. The van der Waals surface area contributed by atoms with Crippen molar-refractivity contribution < 1.29 is 4.42 Å². The monoisotopic (exact) mass is 440 g/mol. The van der Waals surface area contributed by atoms with E-state index < -0.39 is 0 Å². The van der Waals surface area contributed by atoms with Gasteiger partial charge in [0.05, 0.1) is 16.5 Å². The Hall–Kier alpha value is -2.01. The third kappa shape index (κ3) is 4.77. The summed E-state index contributed by atoms with van der Waals surface area (Å²) in [5.74, 6) is 0. The molecule has 1 atom stereocenters. The van der Waals surface area contributed by atoms with E-state index >= 15 is 0 Å². The number of allylic oxidation sites excluding steroid dienone is 1. The van der Waals surface area contributed by atoms with Gasteiger partial charge in [-0.15, -0.1) is 0 Å². The molecule has 4 nitrogen and oxygen atoms in total. The fraction of sp³-hybridized carbons (Fsp3) is 0.538. The normalized spacial score (nSPS) is 19.0. The van der Waals surface area contributed by atoms with Crippen LogP contribution in [0.4, 0.5) is 5.69 Å². The molecule has 0 N–H and O–H groups in total. The van der Waals surface area contributed by atoms with Crippen LogP contribution in [0.3, 0.4) is 0 Å². The summed E-state index contributed by atoms with van der Waals surface area (Å²) < 4.78 is 5.78. The number of benzene rings is 1. The predicted molar refractivity (Wildman–Crippen MR) is 136 cm³/mol. The predicted octanol–water partition coefficient (Wildman–Crippen LogP) is 6.87. The van der Waals surface area contributed by atoms with Crippen molar-refractivity contribution in [2.75, 3.05) is 18.0 Å². The average molecular weight is 441 g/mol. The minimum atomic E-state index is -0.322. The van der Waals surface area contributed by atoms with Crippen LogP contribution in [-0.2, 0) is 0 Å². The highest BCUT2D eigenvalue weighted by molar-refractivity contribution is 8.15. The average Bonchev–Trinajstić information content (AvgIpc) is 3.12. The summed E-state index contributed by atoms with van der Waals surface area (Å²) in [4.78, 5) is 20.2. The molecule has 168 valence electrons. The van der Waals surface area contributed by atoms with Crippen LogP contribution >= 0.6 is 11.8 Å². The zero-order chi connectivity index (χ0) is 23.1. The lowest BCUT2D eigenvalue weighted by atomic mass is 9.81. The van der Waals surface area contributed by atoms with E-state index in [4.69, 9.17) is 9.41 Å². The first-order chi connectivity index (χ1) is 14.4. The molecular formula is C26H36N2O2S. The zero-order valence-electron chi connectivity index (χ0n) is 20.4. The molecule has 0 spiro atoms. The summed E-state index contributed by atoms with van der Waals surface area (Å²) in [5.41, 5.74) is 4.33. The summed E-state index contributed by atoms with van der Waals surface area (Å²) >= 11 is 1.69. The lowest BCUT2D eigenvalue weighted by molar-refractivity contribution is 0.412. The van der Waals surface area contributed by atoms with E-state index in [1.54, 1.807) is 11.8 Å². The molecule has 0 saturated heterocycles. The molecule has 0 radical (unpaired) electrons. The molecule has 5 heteroatoms. The van der Waals surface area contributed by atoms with Gasteiger partial charge in [-0.25, -0.2) is 9.79 Å². The van der Waals surface area contributed by atoms with Crippen molar-refractivity contribution in [3.8, 4) is 0 Å². The molecule has 0 bridgehead atoms. The zero-order valence-corrected chi connectivity index (χ0v) is 21.2. The molecule has 2 aromatic rings. The highest BCUT2D eigenvalue weighted by Gasteiger charge is 2.38. The van der Waals surface area contributed by atoms with Crippen LogP contribution in [0.1, 0.15) is 67.9 Å². The van der Waals surface area contributed by atoms with Crippen molar-refractivity contribution in [1.29, 1.82) is 0 Å². The first kappa shape index (κ1) is 23.6. The number of hydrogen-bond acceptors (Lipinski definition) is 5. The number of thioether (sulfide) groups is 1. The Bertz CT molecular complexity index is 1090. The van der Waals surface area contributed by atoms with E-state index in [0.29, 0.717) is 11.1 Å². The summed E-state index contributed by atoms with van der Waals surface area (Å²) in [6, 6.07) is 8.03. The highest BCUT2D eigenvalue weighted by Crippen LogP contribution is 2.46. The van der Waals surface area contributed by atoms with Gasteiger partial charge in [-0.2, -0.15) is 0 Å². The molecule has 1 aromatic carbocycles. The molecule has 1 aromatic heterocycles. The molecule has 3 rings (SSSR count). The Morgan fingerprint density at radius 1 is 1.10 bits per heavy atom. The molecule has 2 heterocycles. The number of fused-ring (bicyclic) bond motifs is 1. The first-order valence-electron chi connectivity index (χ1n) is 11.2. The third-order valence-electron chi connectivity index (χ3n) is 6.07.